The summed E-state index contributed by atoms with van der Waals surface area (Å²) < 4.78 is 0. The number of aromatic carboxylic acids is 2. The van der Waals surface area contributed by atoms with Gasteiger partial charge in [0.05, 0.1) is 11.1 Å². The van der Waals surface area contributed by atoms with Crippen LogP contribution in [-0.4, -0.2) is 22.2 Å². The molecular formula is C31H34O4. The van der Waals surface area contributed by atoms with Gasteiger partial charge in [-0.2, -0.15) is 0 Å². The van der Waals surface area contributed by atoms with Gasteiger partial charge >= 0.3 is 11.9 Å². The second-order valence-electron chi connectivity index (χ2n) is 9.49. The minimum atomic E-state index is -0.978. The number of hydrogen-bond acceptors (Lipinski definition) is 2. The molecule has 0 bridgehead atoms. The lowest BCUT2D eigenvalue weighted by molar-refractivity contribution is 0.0686. The van der Waals surface area contributed by atoms with E-state index in [1.54, 1.807) is 24.3 Å². The molecule has 35 heavy (non-hydrogen) atoms. The van der Waals surface area contributed by atoms with Gasteiger partial charge in [0, 0.05) is 0 Å². The van der Waals surface area contributed by atoms with Gasteiger partial charge in [-0.25, -0.2) is 9.59 Å². The summed E-state index contributed by atoms with van der Waals surface area (Å²) in [5.74, 6) is -1.50. The standard InChI is InChI=1S/C31H34O4/c1-3-12-22-27(21-13-6-5-7-14-21)19-20(4-2)28(23-15-8-10-17-25(23)30(32)33)29(22)24-16-9-11-18-26(24)31(34)35/h8-11,15-19,21H,3-7,12-14H2,1-2H3,(H,32,33)(H,34,35). The Labute approximate surface area is 207 Å². The van der Waals surface area contributed by atoms with Crippen molar-refractivity contribution in [2.75, 3.05) is 0 Å². The topological polar surface area (TPSA) is 74.6 Å². The van der Waals surface area contributed by atoms with E-state index in [0.29, 0.717) is 17.0 Å². The van der Waals surface area contributed by atoms with Gasteiger partial charge in [0.1, 0.15) is 0 Å². The Bertz CT molecular complexity index is 1230. The number of rotatable bonds is 8. The molecule has 1 fully saturated rings. The van der Waals surface area contributed by atoms with Gasteiger partial charge in [-0.15, -0.1) is 0 Å². The first kappa shape index (κ1) is 24.7. The van der Waals surface area contributed by atoms with E-state index in [2.05, 4.69) is 19.9 Å². The van der Waals surface area contributed by atoms with E-state index in [-0.39, 0.29) is 11.1 Å². The largest absolute Gasteiger partial charge is 0.478 e. The quantitative estimate of drug-likeness (QED) is 0.350. The van der Waals surface area contributed by atoms with Crippen molar-refractivity contribution >= 4 is 11.9 Å². The van der Waals surface area contributed by atoms with Crippen LogP contribution in [0.1, 0.15) is 95.7 Å². The normalized spacial score (nSPS) is 14.1. The SMILES string of the molecule is CCCc1c(C2CCCCC2)cc(CC)c(-c2ccccc2C(=O)O)c1-c1ccccc1C(=O)O. The molecule has 0 heterocycles. The summed E-state index contributed by atoms with van der Waals surface area (Å²) in [5.41, 5.74) is 7.17. The Kier molecular flexibility index (Phi) is 7.70. The molecule has 3 aromatic rings. The molecule has 0 radical (unpaired) electrons. The van der Waals surface area contributed by atoms with E-state index in [9.17, 15) is 19.8 Å². The third-order valence-electron chi connectivity index (χ3n) is 7.33. The monoisotopic (exact) mass is 470 g/mol. The predicted molar refractivity (Wildman–Crippen MR) is 140 cm³/mol. The van der Waals surface area contributed by atoms with Crippen molar-refractivity contribution < 1.29 is 19.8 Å². The number of carboxylic acids is 2. The molecule has 3 aromatic carbocycles. The van der Waals surface area contributed by atoms with Crippen LogP contribution in [0.5, 0.6) is 0 Å². The fraction of sp³-hybridized carbons (Fsp3) is 0.355. The third kappa shape index (κ3) is 4.88. The Morgan fingerprint density at radius 1 is 0.800 bits per heavy atom. The Balaban J connectivity index is 2.17. The molecule has 0 aromatic heterocycles. The fourth-order valence-electron chi connectivity index (χ4n) is 5.76. The van der Waals surface area contributed by atoms with Crippen LogP contribution in [0.15, 0.2) is 54.6 Å². The Morgan fingerprint density at radius 2 is 1.34 bits per heavy atom. The van der Waals surface area contributed by atoms with E-state index < -0.39 is 11.9 Å². The maximum Gasteiger partial charge on any atom is 0.336 e. The molecule has 4 heteroatoms. The zero-order chi connectivity index (χ0) is 24.9. The molecule has 0 unspecified atom stereocenters. The molecule has 0 spiro atoms. The third-order valence-corrected chi connectivity index (χ3v) is 7.33. The van der Waals surface area contributed by atoms with Crippen LogP contribution >= 0.6 is 0 Å². The molecule has 182 valence electrons. The fourth-order valence-corrected chi connectivity index (χ4v) is 5.76. The van der Waals surface area contributed by atoms with Crippen molar-refractivity contribution in [3.63, 3.8) is 0 Å². The van der Waals surface area contributed by atoms with Crippen molar-refractivity contribution in [2.24, 2.45) is 0 Å². The summed E-state index contributed by atoms with van der Waals surface area (Å²) in [6.45, 7) is 4.25. The molecule has 0 saturated heterocycles. The molecule has 0 atom stereocenters. The van der Waals surface area contributed by atoms with Crippen LogP contribution in [-0.2, 0) is 12.8 Å². The average Bonchev–Trinajstić information content (AvgIpc) is 2.88. The van der Waals surface area contributed by atoms with Crippen LogP contribution < -0.4 is 0 Å². The first-order valence-electron chi connectivity index (χ1n) is 12.8. The maximum absolute atomic E-state index is 12.3. The van der Waals surface area contributed by atoms with Crippen molar-refractivity contribution in [3.8, 4) is 22.3 Å². The van der Waals surface area contributed by atoms with Crippen LogP contribution in [0.4, 0.5) is 0 Å². The van der Waals surface area contributed by atoms with Crippen molar-refractivity contribution in [1.29, 1.82) is 0 Å². The predicted octanol–water partition coefficient (Wildman–Crippen LogP) is 7.98. The van der Waals surface area contributed by atoms with E-state index >= 15 is 0 Å². The number of carbonyl (C=O) groups is 2. The molecule has 4 nitrogen and oxygen atoms in total. The highest BCUT2D eigenvalue weighted by Gasteiger charge is 2.28. The molecule has 4 rings (SSSR count). The maximum atomic E-state index is 12.3. The zero-order valence-electron chi connectivity index (χ0n) is 20.6. The van der Waals surface area contributed by atoms with Gasteiger partial charge in [-0.1, -0.05) is 82.0 Å². The van der Waals surface area contributed by atoms with Crippen molar-refractivity contribution in [2.45, 2.75) is 71.1 Å². The van der Waals surface area contributed by atoms with Crippen molar-refractivity contribution in [3.05, 3.63) is 82.4 Å². The number of hydrogen-bond donors (Lipinski definition) is 2. The van der Waals surface area contributed by atoms with Crippen LogP contribution in [0.25, 0.3) is 22.3 Å². The lowest BCUT2D eigenvalue weighted by atomic mass is 9.74. The van der Waals surface area contributed by atoms with Gasteiger partial charge in [0.15, 0.2) is 0 Å². The average molecular weight is 471 g/mol. The van der Waals surface area contributed by atoms with E-state index in [0.717, 1.165) is 48.8 Å². The molecule has 1 aliphatic carbocycles. The summed E-state index contributed by atoms with van der Waals surface area (Å²) in [6.07, 6.45) is 8.45. The molecule has 0 amide bonds. The van der Waals surface area contributed by atoms with Crippen LogP contribution in [0.3, 0.4) is 0 Å². The highest BCUT2D eigenvalue weighted by Crippen LogP contribution is 2.46. The van der Waals surface area contributed by atoms with E-state index in [1.165, 1.54) is 30.4 Å². The van der Waals surface area contributed by atoms with Crippen LogP contribution in [0.2, 0.25) is 0 Å². The zero-order valence-corrected chi connectivity index (χ0v) is 20.6. The highest BCUT2D eigenvalue weighted by atomic mass is 16.4. The van der Waals surface area contributed by atoms with Gasteiger partial charge in [0.25, 0.3) is 0 Å². The summed E-state index contributed by atoms with van der Waals surface area (Å²) >= 11 is 0. The number of benzene rings is 3. The van der Waals surface area contributed by atoms with Crippen molar-refractivity contribution in [1.82, 2.24) is 0 Å². The second-order valence-corrected chi connectivity index (χ2v) is 9.49. The molecule has 1 saturated carbocycles. The highest BCUT2D eigenvalue weighted by molar-refractivity contribution is 6.04. The van der Waals surface area contributed by atoms with Gasteiger partial charge in [-0.05, 0) is 82.7 Å². The Morgan fingerprint density at radius 3 is 1.86 bits per heavy atom. The molecular weight excluding hydrogens is 436 g/mol. The lowest BCUT2D eigenvalue weighted by Crippen LogP contribution is -2.13. The summed E-state index contributed by atoms with van der Waals surface area (Å²) in [5, 5.41) is 20.1. The van der Waals surface area contributed by atoms with Crippen LogP contribution in [0, 0.1) is 0 Å². The molecule has 0 aliphatic heterocycles. The minimum absolute atomic E-state index is 0.240. The number of aryl methyl sites for hydroxylation is 1. The van der Waals surface area contributed by atoms with E-state index in [1.807, 2.05) is 24.3 Å². The number of carboxylic acid groups (broad SMARTS) is 2. The summed E-state index contributed by atoms with van der Waals surface area (Å²) in [7, 11) is 0. The van der Waals surface area contributed by atoms with E-state index in [4.69, 9.17) is 0 Å². The Hall–Kier alpha value is -3.40. The van der Waals surface area contributed by atoms with Gasteiger partial charge < -0.3 is 10.2 Å². The second kappa shape index (κ2) is 10.9. The first-order valence-corrected chi connectivity index (χ1v) is 12.8. The first-order chi connectivity index (χ1) is 17.0. The van der Waals surface area contributed by atoms with Gasteiger partial charge in [0.2, 0.25) is 0 Å². The smallest absolute Gasteiger partial charge is 0.336 e. The molecule has 1 aliphatic rings. The minimum Gasteiger partial charge on any atom is -0.478 e. The lowest BCUT2D eigenvalue weighted by Gasteiger charge is -2.30. The summed E-state index contributed by atoms with van der Waals surface area (Å²) in [4.78, 5) is 24.6. The summed E-state index contributed by atoms with van der Waals surface area (Å²) in [6, 6.07) is 16.6. The molecule has 2 N–H and O–H groups in total. The van der Waals surface area contributed by atoms with Gasteiger partial charge in [-0.3, -0.25) is 0 Å².